The predicted octanol–water partition coefficient (Wildman–Crippen LogP) is 5.17. The largest absolute Gasteiger partial charge is 0.507 e. The van der Waals surface area contributed by atoms with Crippen molar-refractivity contribution in [2.75, 3.05) is 48.3 Å². The second-order valence-electron chi connectivity index (χ2n) is 16.3. The molecule has 2 aliphatic heterocycles. The number of aromatic hydroxyl groups is 1. The van der Waals surface area contributed by atoms with E-state index in [0.717, 1.165) is 33.1 Å². The van der Waals surface area contributed by atoms with Gasteiger partial charge in [-0.15, -0.1) is 21.5 Å². The van der Waals surface area contributed by atoms with E-state index in [4.69, 9.17) is 5.73 Å². The lowest BCUT2D eigenvalue weighted by Crippen LogP contribution is -2.57. The molecule has 2 aliphatic rings. The number of anilines is 3. The number of hydrogen-bond acceptors (Lipinski definition) is 12. The van der Waals surface area contributed by atoms with Crippen LogP contribution in [0.1, 0.15) is 61.8 Å². The first-order valence-corrected chi connectivity index (χ1v) is 20.7. The fraction of sp³-hybridized carbons (Fsp3) is 0.364. The summed E-state index contributed by atoms with van der Waals surface area (Å²) in [6.45, 7) is 12.0. The number of amides is 3. The number of para-hydroxylation sites is 1. The first kappa shape index (κ1) is 41.1. The number of thiazole rings is 1. The summed E-state index contributed by atoms with van der Waals surface area (Å²) in [5.41, 5.74) is 13.4. The quantitative estimate of drug-likeness (QED) is 0.125. The summed E-state index contributed by atoms with van der Waals surface area (Å²) in [6, 6.07) is 21.8. The molecule has 6 N–H and O–H groups in total. The Labute approximate surface area is 348 Å². The van der Waals surface area contributed by atoms with Gasteiger partial charge in [0.05, 0.1) is 39.6 Å². The fourth-order valence-electron chi connectivity index (χ4n) is 7.75. The molecule has 0 radical (unpaired) electrons. The van der Waals surface area contributed by atoms with Crippen molar-refractivity contribution in [2.45, 2.75) is 65.3 Å². The zero-order chi connectivity index (χ0) is 42.0. The van der Waals surface area contributed by atoms with Crippen LogP contribution >= 0.6 is 11.3 Å². The molecule has 4 heterocycles. The number of hydrogen-bond donors (Lipinski definition) is 5. The number of rotatable bonds is 10. The van der Waals surface area contributed by atoms with Crippen LogP contribution in [-0.2, 0) is 9.59 Å². The number of phenols is 1. The Morgan fingerprint density at radius 2 is 1.63 bits per heavy atom. The summed E-state index contributed by atoms with van der Waals surface area (Å²) in [5.74, 6) is -0.805. The molecule has 0 aliphatic carbocycles. The minimum atomic E-state index is -0.981. The number of aromatic nitrogens is 3. The Balaban J connectivity index is 0.996. The highest BCUT2D eigenvalue weighted by Gasteiger charge is 2.45. The topological polar surface area (TPSA) is 190 Å². The summed E-state index contributed by atoms with van der Waals surface area (Å²) >= 11 is 1.58. The van der Waals surface area contributed by atoms with Gasteiger partial charge in [-0.3, -0.25) is 14.4 Å². The monoisotopic (exact) mass is 817 g/mol. The second kappa shape index (κ2) is 17.0. The molecule has 2 saturated heterocycles. The number of carbonyl (C=O) groups is 3. The number of phenolic OH excluding ortho intramolecular Hbond substituents is 1. The first-order valence-electron chi connectivity index (χ1n) is 19.8. The molecule has 0 saturated carbocycles. The van der Waals surface area contributed by atoms with Gasteiger partial charge in [-0.2, -0.15) is 0 Å². The van der Waals surface area contributed by atoms with Gasteiger partial charge >= 0.3 is 0 Å². The van der Waals surface area contributed by atoms with Gasteiger partial charge in [-0.25, -0.2) is 4.98 Å². The van der Waals surface area contributed by atoms with Crippen LogP contribution < -0.4 is 26.2 Å². The smallest absolute Gasteiger partial charge is 0.252 e. The van der Waals surface area contributed by atoms with Crippen LogP contribution in [0.3, 0.4) is 0 Å². The standard InChI is InChI=1S/C44H51N9O5S/c1-26(28-13-15-29(16-14-28)38-27(2)46-25-59-38)47-42(57)36-22-32(54)24-53(36)43(58)39(44(3,4)5)48-41(56)30-9-8-10-31(21-30)51-17-19-52(20-18-51)35-23-34(49-50-40(35)45)33-11-6-7-12-37(33)55/h6-16,21,23,25-26,32,36,39,54-55H,17-20,22,24H2,1-5H3,(H2,45,50)(H,47,57)(H,48,56)/t26?,32-,36+,39?/m1/s1. The molecule has 3 amide bonds. The fourth-order valence-corrected chi connectivity index (χ4v) is 8.56. The summed E-state index contributed by atoms with van der Waals surface area (Å²) in [5, 5.41) is 35.5. The number of nitrogen functional groups attached to an aromatic ring is 1. The van der Waals surface area contributed by atoms with E-state index in [1.807, 2.05) is 94.7 Å². The van der Waals surface area contributed by atoms with Crippen LogP contribution in [0.4, 0.5) is 17.2 Å². The maximum atomic E-state index is 14.3. The summed E-state index contributed by atoms with van der Waals surface area (Å²) < 4.78 is 0. The van der Waals surface area contributed by atoms with E-state index in [0.29, 0.717) is 48.8 Å². The van der Waals surface area contributed by atoms with Crippen molar-refractivity contribution in [3.05, 3.63) is 101 Å². The average Bonchev–Trinajstić information content (AvgIpc) is 3.85. The van der Waals surface area contributed by atoms with E-state index >= 15 is 0 Å². The number of nitrogens with two attached hydrogens (primary N) is 1. The van der Waals surface area contributed by atoms with E-state index in [1.165, 1.54) is 4.90 Å². The van der Waals surface area contributed by atoms with Crippen molar-refractivity contribution in [1.29, 1.82) is 0 Å². The number of aryl methyl sites for hydroxylation is 1. The van der Waals surface area contributed by atoms with Gasteiger partial charge in [-0.1, -0.05) is 63.2 Å². The summed E-state index contributed by atoms with van der Waals surface area (Å²) in [4.78, 5) is 53.2. The molecule has 2 aromatic heterocycles. The number of nitrogens with zero attached hydrogens (tertiary/aromatic N) is 6. The molecule has 59 heavy (non-hydrogen) atoms. The van der Waals surface area contributed by atoms with Crippen LogP contribution in [-0.4, -0.2) is 98.9 Å². The highest BCUT2D eigenvalue weighted by molar-refractivity contribution is 7.13. The third kappa shape index (κ3) is 9.00. The predicted molar refractivity (Wildman–Crippen MR) is 230 cm³/mol. The Hall–Kier alpha value is -6.06. The van der Waals surface area contributed by atoms with Crippen LogP contribution in [0.5, 0.6) is 5.75 Å². The maximum Gasteiger partial charge on any atom is 0.252 e. The Kier molecular flexibility index (Phi) is 11.9. The molecule has 0 spiro atoms. The van der Waals surface area contributed by atoms with E-state index in [9.17, 15) is 24.6 Å². The average molecular weight is 818 g/mol. The SMILES string of the molecule is Cc1ncsc1-c1ccc(C(C)NC(=O)[C@@H]2C[C@@H](O)CN2C(=O)C(NC(=O)c2cccc(N3CCN(c4cc(-c5ccccc5O)nnc4N)CC3)c2)C(C)(C)C)cc1. The van der Waals surface area contributed by atoms with Gasteiger partial charge in [-0.05, 0) is 66.8 Å². The molecular weight excluding hydrogens is 767 g/mol. The van der Waals surface area contributed by atoms with Crippen LogP contribution in [0, 0.1) is 12.3 Å². The molecule has 7 rings (SSSR count). The molecule has 5 aromatic rings. The molecule has 0 bridgehead atoms. The first-order chi connectivity index (χ1) is 28.2. The van der Waals surface area contributed by atoms with Crippen molar-refractivity contribution in [1.82, 2.24) is 30.7 Å². The number of piperazine rings is 1. The molecule has 2 unspecified atom stereocenters. The molecule has 308 valence electrons. The normalized spacial score (nSPS) is 18.0. The number of carbonyl (C=O) groups excluding carboxylic acids is 3. The molecule has 15 heteroatoms. The number of nitrogens with one attached hydrogen (secondary N) is 2. The van der Waals surface area contributed by atoms with Crippen LogP contribution in [0.25, 0.3) is 21.7 Å². The van der Waals surface area contributed by atoms with E-state index < -0.39 is 35.4 Å². The van der Waals surface area contributed by atoms with E-state index in [2.05, 4.69) is 35.6 Å². The lowest BCUT2D eigenvalue weighted by atomic mass is 9.85. The molecular formula is C44H51N9O5S. The van der Waals surface area contributed by atoms with Crippen molar-refractivity contribution in [3.63, 3.8) is 0 Å². The molecule has 2 fully saturated rings. The number of benzene rings is 3. The van der Waals surface area contributed by atoms with Gasteiger partial charge in [0, 0.05) is 56.0 Å². The Morgan fingerprint density at radius 3 is 2.31 bits per heavy atom. The molecule has 4 atom stereocenters. The van der Waals surface area contributed by atoms with Crippen molar-refractivity contribution < 1.29 is 24.6 Å². The van der Waals surface area contributed by atoms with E-state index in [1.54, 1.807) is 35.6 Å². The zero-order valence-electron chi connectivity index (χ0n) is 33.9. The van der Waals surface area contributed by atoms with Gasteiger partial charge in [0.25, 0.3) is 5.91 Å². The second-order valence-corrected chi connectivity index (χ2v) is 17.2. The van der Waals surface area contributed by atoms with Gasteiger partial charge in [0.1, 0.15) is 17.8 Å². The van der Waals surface area contributed by atoms with Crippen molar-refractivity contribution in [3.8, 4) is 27.4 Å². The van der Waals surface area contributed by atoms with Crippen LogP contribution in [0.15, 0.2) is 84.4 Å². The number of likely N-dealkylation sites (tertiary alicyclic amines) is 1. The highest BCUT2D eigenvalue weighted by Crippen LogP contribution is 2.33. The van der Waals surface area contributed by atoms with Gasteiger partial charge < -0.3 is 41.3 Å². The highest BCUT2D eigenvalue weighted by atomic mass is 32.1. The number of aliphatic hydroxyl groups is 1. The summed E-state index contributed by atoms with van der Waals surface area (Å²) in [7, 11) is 0. The van der Waals surface area contributed by atoms with Gasteiger partial charge in [0.15, 0.2) is 5.82 Å². The lowest BCUT2D eigenvalue weighted by molar-refractivity contribution is -0.142. The Bertz CT molecular complexity index is 2320. The lowest BCUT2D eigenvalue weighted by Gasteiger charge is -2.38. The zero-order valence-corrected chi connectivity index (χ0v) is 34.7. The minimum Gasteiger partial charge on any atom is -0.507 e. The number of β-amino-alcohol motifs (C(OH)–C–C–N with tert-alkyl or cyclic N) is 1. The van der Waals surface area contributed by atoms with E-state index in [-0.39, 0.29) is 30.7 Å². The Morgan fingerprint density at radius 1 is 0.915 bits per heavy atom. The van der Waals surface area contributed by atoms with Crippen molar-refractivity contribution >= 4 is 46.3 Å². The van der Waals surface area contributed by atoms with Crippen molar-refractivity contribution in [2.24, 2.45) is 5.41 Å². The van der Waals surface area contributed by atoms with Crippen LogP contribution in [0.2, 0.25) is 0 Å². The third-order valence-electron chi connectivity index (χ3n) is 11.1. The number of aliphatic hydroxyl groups excluding tert-OH is 1. The molecule has 3 aromatic carbocycles. The summed E-state index contributed by atoms with van der Waals surface area (Å²) in [6.07, 6.45) is -0.790. The minimum absolute atomic E-state index is 0.0185. The third-order valence-corrected chi connectivity index (χ3v) is 12.1. The van der Waals surface area contributed by atoms with Gasteiger partial charge in [0.2, 0.25) is 11.8 Å². The molecule has 14 nitrogen and oxygen atoms in total. The maximum absolute atomic E-state index is 14.3.